The van der Waals surface area contributed by atoms with E-state index < -0.39 is 0 Å². The maximum Gasteiger partial charge on any atom is 0.0892 e. The van der Waals surface area contributed by atoms with Gasteiger partial charge in [-0.25, -0.2) is 0 Å². The Labute approximate surface area is 137 Å². The van der Waals surface area contributed by atoms with Gasteiger partial charge in [0.15, 0.2) is 0 Å². The van der Waals surface area contributed by atoms with Crippen LogP contribution >= 0.6 is 0 Å². The number of likely N-dealkylation sites (tertiary alicyclic amines) is 2. The van der Waals surface area contributed by atoms with Crippen LogP contribution in [0.5, 0.6) is 0 Å². The molecule has 2 heterocycles. The Morgan fingerprint density at radius 1 is 0.500 bits per heavy atom. The lowest BCUT2D eigenvalue weighted by Crippen LogP contribution is -2.60. The molecule has 0 amide bonds. The molecule has 2 N–H and O–H groups in total. The summed E-state index contributed by atoms with van der Waals surface area (Å²) >= 11 is 0. The molecule has 2 aliphatic heterocycles. The number of piperidine rings is 2. The van der Waals surface area contributed by atoms with E-state index in [-0.39, 0.29) is 11.0 Å². The maximum absolute atomic E-state index is 2.56. The molecule has 0 aromatic carbocycles. The lowest BCUT2D eigenvalue weighted by atomic mass is 9.85. The second-order valence-corrected chi connectivity index (χ2v) is 8.44. The van der Waals surface area contributed by atoms with Crippen LogP contribution in [0.4, 0.5) is 0 Å². The summed E-state index contributed by atoms with van der Waals surface area (Å²) in [5.74, 6) is 0. The van der Waals surface area contributed by atoms with Gasteiger partial charge in [-0.05, 0) is 38.5 Å². The topological polar surface area (TPSA) is 60.0 Å². The van der Waals surface area contributed by atoms with Crippen LogP contribution < -0.4 is 0 Å². The summed E-state index contributed by atoms with van der Waals surface area (Å²) in [5, 5.41) is 0. The Hall–Kier alpha value is -0.160. The highest BCUT2D eigenvalue weighted by Crippen LogP contribution is 2.35. The molecule has 0 radical (unpaired) electrons. The lowest BCUT2D eigenvalue weighted by Gasteiger charge is -2.50. The Bertz CT molecular complexity index is 283. The summed E-state index contributed by atoms with van der Waals surface area (Å²) < 4.78 is 2.83. The average molecular weight is 315 g/mol. The van der Waals surface area contributed by atoms with Crippen molar-refractivity contribution in [2.45, 2.75) is 76.3 Å². The highest BCUT2D eigenvalue weighted by Gasteiger charge is 2.42. The van der Waals surface area contributed by atoms with Crippen LogP contribution in [-0.4, -0.2) is 72.3 Å². The second kappa shape index (κ2) is 8.09. The van der Waals surface area contributed by atoms with E-state index >= 15 is 0 Å². The van der Waals surface area contributed by atoms with E-state index in [1.165, 1.54) is 99.4 Å². The van der Waals surface area contributed by atoms with E-state index in [4.69, 9.17) is 0 Å². The third-order valence-corrected chi connectivity index (χ3v) is 7.11. The molecule has 4 nitrogen and oxygen atoms in total. The summed E-state index contributed by atoms with van der Waals surface area (Å²) in [7, 11) is 5.11. The fourth-order valence-electron chi connectivity index (χ4n) is 5.50. The van der Waals surface area contributed by atoms with Crippen LogP contribution in [0.1, 0.15) is 64.2 Å². The van der Waals surface area contributed by atoms with E-state index in [9.17, 15) is 0 Å². The number of hydrogen-bond donors (Lipinski definition) is 0. The quantitative estimate of drug-likeness (QED) is 0.735. The Kier molecular flexibility index (Phi) is 7.31. The van der Waals surface area contributed by atoms with Crippen LogP contribution in [0, 0.1) is 0 Å². The van der Waals surface area contributed by atoms with E-state index in [0.717, 1.165) is 12.1 Å². The maximum atomic E-state index is 2.56. The largest absolute Gasteiger partial charge is 0.870 e. The second-order valence-electron chi connectivity index (χ2n) is 8.44. The minimum Gasteiger partial charge on any atom is -0.870 e. The number of nitrogens with zero attached hydrogens (tertiary/aromatic N) is 2. The zero-order valence-corrected chi connectivity index (χ0v) is 14.8. The number of hydrogen-bond acceptors (Lipinski definition) is 2. The predicted octanol–water partition coefficient (Wildman–Crippen LogP) is 3.21. The molecule has 1 saturated carbocycles. The molecule has 0 aromatic heterocycles. The van der Waals surface area contributed by atoms with Crippen molar-refractivity contribution in [3.8, 4) is 0 Å². The fraction of sp³-hybridized carbons (Fsp3) is 1.00. The first-order valence-corrected chi connectivity index (χ1v) is 9.31. The summed E-state index contributed by atoms with van der Waals surface area (Å²) in [4.78, 5) is 0. The molecule has 2 saturated heterocycles. The Morgan fingerprint density at radius 2 is 0.773 bits per heavy atom. The average Bonchev–Trinajstić information content (AvgIpc) is 2.49. The Balaban J connectivity index is 0.00000121. The predicted molar refractivity (Wildman–Crippen MR) is 89.5 cm³/mol. The lowest BCUT2D eigenvalue weighted by molar-refractivity contribution is -0.952. The first kappa shape index (κ1) is 19.9. The van der Waals surface area contributed by atoms with Gasteiger partial charge >= 0.3 is 0 Å². The van der Waals surface area contributed by atoms with Crippen LogP contribution in [0.25, 0.3) is 0 Å². The van der Waals surface area contributed by atoms with Crippen molar-refractivity contribution < 1.29 is 19.9 Å². The first-order chi connectivity index (χ1) is 9.62. The van der Waals surface area contributed by atoms with Crippen LogP contribution in [0.2, 0.25) is 0 Å². The molecule has 4 heteroatoms. The first-order valence-electron chi connectivity index (χ1n) is 9.31. The highest BCUT2D eigenvalue weighted by molar-refractivity contribution is 4.76. The van der Waals surface area contributed by atoms with Crippen molar-refractivity contribution >= 4 is 0 Å². The molecule has 3 fully saturated rings. The molecular weight excluding hydrogens is 276 g/mol. The smallest absolute Gasteiger partial charge is 0.0892 e. The third-order valence-electron chi connectivity index (χ3n) is 7.11. The van der Waals surface area contributed by atoms with Crippen molar-refractivity contribution in [1.82, 2.24) is 0 Å². The molecular formula is C18H38N2O2. The minimum atomic E-state index is 0. The van der Waals surface area contributed by atoms with Gasteiger partial charge in [0.25, 0.3) is 0 Å². The monoisotopic (exact) mass is 314 g/mol. The van der Waals surface area contributed by atoms with E-state index in [1.807, 2.05) is 0 Å². The van der Waals surface area contributed by atoms with Gasteiger partial charge < -0.3 is 19.9 Å². The van der Waals surface area contributed by atoms with E-state index in [1.54, 1.807) is 0 Å². The molecule has 3 aliphatic rings. The summed E-state index contributed by atoms with van der Waals surface area (Å²) in [6.45, 7) is 5.84. The molecule has 132 valence electrons. The number of quaternary nitrogens is 2. The minimum absolute atomic E-state index is 0. The zero-order valence-electron chi connectivity index (χ0n) is 14.8. The van der Waals surface area contributed by atoms with Crippen LogP contribution in [0.3, 0.4) is 0 Å². The van der Waals surface area contributed by atoms with Gasteiger partial charge in [0.05, 0.1) is 52.4 Å². The van der Waals surface area contributed by atoms with E-state index in [2.05, 4.69) is 14.1 Å². The number of rotatable bonds is 2. The zero-order chi connectivity index (χ0) is 14.1. The SMILES string of the molecule is C[N+]1([C@H]2CC[C@H]([N+]3(C)CCCCC3)CC2)CCCCC1.[OH-].[OH-]. The fourth-order valence-corrected chi connectivity index (χ4v) is 5.50. The molecule has 0 bridgehead atoms. The highest BCUT2D eigenvalue weighted by atomic mass is 16.0. The van der Waals surface area contributed by atoms with Crippen molar-refractivity contribution in [3.05, 3.63) is 0 Å². The van der Waals surface area contributed by atoms with Gasteiger partial charge in [0, 0.05) is 25.7 Å². The summed E-state index contributed by atoms with van der Waals surface area (Å²) in [5.41, 5.74) is 0. The van der Waals surface area contributed by atoms with Crippen molar-refractivity contribution in [1.29, 1.82) is 0 Å². The van der Waals surface area contributed by atoms with Crippen molar-refractivity contribution in [2.24, 2.45) is 0 Å². The van der Waals surface area contributed by atoms with Gasteiger partial charge in [-0.3, -0.25) is 0 Å². The van der Waals surface area contributed by atoms with Crippen LogP contribution in [-0.2, 0) is 0 Å². The summed E-state index contributed by atoms with van der Waals surface area (Å²) in [6, 6.07) is 1.98. The standard InChI is InChI=1S/C18H36N2.2H2O/c1-19(13-5-3-6-14-19)17-9-11-18(12-10-17)20(2)15-7-4-8-16-20;;/h17-18H,3-16H2,1-2H3;2*1H2/q+2;;/p-2/t17-,18-;;. The molecule has 22 heavy (non-hydrogen) atoms. The molecule has 0 spiro atoms. The van der Waals surface area contributed by atoms with Gasteiger partial charge in [-0.1, -0.05) is 0 Å². The van der Waals surface area contributed by atoms with Gasteiger partial charge in [0.1, 0.15) is 0 Å². The van der Waals surface area contributed by atoms with Gasteiger partial charge in [-0.15, -0.1) is 0 Å². The normalized spacial score (nSPS) is 34.1. The van der Waals surface area contributed by atoms with Gasteiger partial charge in [0.2, 0.25) is 0 Å². The van der Waals surface area contributed by atoms with Gasteiger partial charge in [-0.2, -0.15) is 0 Å². The van der Waals surface area contributed by atoms with Crippen molar-refractivity contribution in [2.75, 3.05) is 40.3 Å². The molecule has 0 aromatic rings. The summed E-state index contributed by atoms with van der Waals surface area (Å²) in [6.07, 6.45) is 14.9. The molecule has 0 unspecified atom stereocenters. The van der Waals surface area contributed by atoms with E-state index in [0.29, 0.717) is 0 Å². The Morgan fingerprint density at radius 3 is 1.05 bits per heavy atom. The molecule has 0 atom stereocenters. The molecule has 3 rings (SSSR count). The third kappa shape index (κ3) is 4.02. The van der Waals surface area contributed by atoms with Crippen LogP contribution in [0.15, 0.2) is 0 Å². The molecule has 1 aliphatic carbocycles. The van der Waals surface area contributed by atoms with Crippen molar-refractivity contribution in [3.63, 3.8) is 0 Å².